The number of methoxy groups -OCH3 is 3. The van der Waals surface area contributed by atoms with Crippen LogP contribution in [0.3, 0.4) is 0 Å². The van der Waals surface area contributed by atoms with Gasteiger partial charge in [0.05, 0.1) is 34.5 Å². The summed E-state index contributed by atoms with van der Waals surface area (Å²) >= 11 is 0.708. The molecule has 2 unspecified atom stereocenters. The van der Waals surface area contributed by atoms with Crippen molar-refractivity contribution in [2.75, 3.05) is 38.8 Å². The number of hydrogen-bond acceptors (Lipinski definition) is 10. The molecule has 11 nitrogen and oxygen atoms in total. The van der Waals surface area contributed by atoms with E-state index in [0.29, 0.717) is 52.9 Å². The normalized spacial score (nSPS) is 15.9. The number of carbonyl (C=O) groups is 1. The number of ether oxygens (including phenoxy) is 4. The van der Waals surface area contributed by atoms with E-state index in [0.717, 1.165) is 16.2 Å². The molecule has 0 radical (unpaired) electrons. The van der Waals surface area contributed by atoms with E-state index in [1.54, 1.807) is 36.4 Å². The number of amides is 1. The van der Waals surface area contributed by atoms with E-state index in [-0.39, 0.29) is 36.0 Å². The van der Waals surface area contributed by atoms with E-state index < -0.39 is 80.6 Å². The molecular weight excluding hydrogens is 772 g/mol. The molecule has 1 fully saturated rings. The van der Waals surface area contributed by atoms with Crippen LogP contribution in [0.1, 0.15) is 29.0 Å². The maximum absolute atomic E-state index is 15.8. The predicted octanol–water partition coefficient (Wildman–Crippen LogP) is 6.87. The van der Waals surface area contributed by atoms with Gasteiger partial charge >= 0.3 is 0 Å². The largest absolute Gasteiger partial charge is 0.497 e. The lowest BCUT2D eigenvalue weighted by Crippen LogP contribution is -2.45. The smallest absolute Gasteiger partial charge is 0.269 e. The average molecular weight is 805 g/mol. The second-order valence-electron chi connectivity index (χ2n) is 12.4. The summed E-state index contributed by atoms with van der Waals surface area (Å²) in [7, 11) is -0.534. The number of benzene rings is 4. The van der Waals surface area contributed by atoms with Crippen LogP contribution in [0.2, 0.25) is 0 Å². The van der Waals surface area contributed by atoms with Crippen molar-refractivity contribution in [2.24, 2.45) is 5.92 Å². The monoisotopic (exact) mass is 804 g/mol. The van der Waals surface area contributed by atoms with Gasteiger partial charge in [0.1, 0.15) is 40.1 Å². The lowest BCUT2D eigenvalue weighted by molar-refractivity contribution is -0.136. The summed E-state index contributed by atoms with van der Waals surface area (Å²) < 4.78 is 129. The van der Waals surface area contributed by atoms with Crippen LogP contribution in [-0.4, -0.2) is 63.1 Å². The van der Waals surface area contributed by atoms with Crippen LogP contribution < -0.4 is 23.3 Å². The van der Waals surface area contributed by atoms with Crippen LogP contribution in [0.5, 0.6) is 23.0 Å². The maximum atomic E-state index is 15.8. The van der Waals surface area contributed by atoms with Gasteiger partial charge in [-0.05, 0) is 41.5 Å². The quantitative estimate of drug-likeness (QED) is 0.0876. The summed E-state index contributed by atoms with van der Waals surface area (Å²) in [5, 5.41) is -0.139. The van der Waals surface area contributed by atoms with Gasteiger partial charge in [0.25, 0.3) is 10.0 Å². The zero-order chi connectivity index (χ0) is 39.4. The number of rotatable bonds is 14. The van der Waals surface area contributed by atoms with Crippen LogP contribution in [0.15, 0.2) is 78.0 Å². The van der Waals surface area contributed by atoms with Crippen molar-refractivity contribution < 1.29 is 54.1 Å². The molecule has 0 saturated carbocycles. The van der Waals surface area contributed by atoms with Gasteiger partial charge in [0.2, 0.25) is 11.0 Å². The molecule has 18 heteroatoms. The Balaban J connectivity index is 1.28. The summed E-state index contributed by atoms with van der Waals surface area (Å²) in [4.78, 5) is 17.7. The molecule has 5 aromatic rings. The Bertz CT molecular complexity index is 2280. The molecule has 1 amide bonds. The zero-order valence-electron chi connectivity index (χ0n) is 29.5. The summed E-state index contributed by atoms with van der Waals surface area (Å²) in [6, 6.07) is 13.6. The molecule has 1 aliphatic rings. The van der Waals surface area contributed by atoms with Gasteiger partial charge in [-0.1, -0.05) is 12.1 Å². The van der Waals surface area contributed by atoms with Crippen molar-refractivity contribution in [1.82, 2.24) is 14.3 Å². The third kappa shape index (κ3) is 8.44. The van der Waals surface area contributed by atoms with Crippen molar-refractivity contribution in [3.8, 4) is 23.0 Å². The SMILES string of the molecule is COc1ccc(CN2CC(COc3cc(F)c(S(=O)(=O)N(Cc4ccc(OC)cc4OC)c4ncns4)cc3F)C(c3cc(F)c(F)cc3F)CC2=O)cc1. The molecular formula is C37H33F5N4O7S2. The topological polar surface area (TPSA) is 120 Å². The molecule has 6 rings (SSSR count). The lowest BCUT2D eigenvalue weighted by Gasteiger charge is -2.38. The molecule has 1 aliphatic heterocycles. The molecule has 0 bridgehead atoms. The number of sulfonamides is 1. The van der Waals surface area contributed by atoms with Gasteiger partial charge in [0.15, 0.2) is 23.2 Å². The first-order chi connectivity index (χ1) is 26.3. The Labute approximate surface area is 317 Å². The minimum Gasteiger partial charge on any atom is -0.497 e. The molecule has 0 spiro atoms. The number of hydrogen-bond donors (Lipinski definition) is 0. The third-order valence-corrected chi connectivity index (χ3v) is 11.7. The van der Waals surface area contributed by atoms with Crippen LogP contribution in [-0.2, 0) is 27.9 Å². The highest BCUT2D eigenvalue weighted by molar-refractivity contribution is 7.93. The summed E-state index contributed by atoms with van der Waals surface area (Å²) in [5.41, 5.74) is 0.787. The number of likely N-dealkylation sites (tertiary alicyclic amines) is 1. The molecule has 290 valence electrons. The molecule has 1 saturated heterocycles. The second-order valence-corrected chi connectivity index (χ2v) is 15.0. The van der Waals surface area contributed by atoms with Gasteiger partial charge in [-0.2, -0.15) is 4.37 Å². The van der Waals surface area contributed by atoms with E-state index in [9.17, 15) is 22.0 Å². The fraction of sp³-hybridized carbons (Fsp3) is 0.270. The van der Waals surface area contributed by atoms with Crippen LogP contribution in [0, 0.1) is 35.0 Å². The first kappa shape index (κ1) is 39.2. The lowest BCUT2D eigenvalue weighted by atomic mass is 9.80. The predicted molar refractivity (Wildman–Crippen MR) is 190 cm³/mol. The van der Waals surface area contributed by atoms with E-state index >= 15 is 13.2 Å². The summed E-state index contributed by atoms with van der Waals surface area (Å²) in [6.07, 6.45) is 0.776. The first-order valence-corrected chi connectivity index (χ1v) is 18.7. The minimum absolute atomic E-state index is 0.0871. The van der Waals surface area contributed by atoms with Gasteiger partial charge in [-0.25, -0.2) is 39.7 Å². The highest BCUT2D eigenvalue weighted by Gasteiger charge is 2.38. The highest BCUT2D eigenvalue weighted by atomic mass is 32.2. The fourth-order valence-electron chi connectivity index (χ4n) is 6.26. The van der Waals surface area contributed by atoms with Crippen LogP contribution in [0.25, 0.3) is 0 Å². The Morgan fingerprint density at radius 3 is 2.20 bits per heavy atom. The first-order valence-electron chi connectivity index (χ1n) is 16.5. The van der Waals surface area contributed by atoms with Crippen molar-refractivity contribution in [2.45, 2.75) is 30.3 Å². The van der Waals surface area contributed by atoms with Gasteiger partial charge in [0, 0.05) is 72.7 Å². The van der Waals surface area contributed by atoms with Gasteiger partial charge in [-0.15, -0.1) is 0 Å². The summed E-state index contributed by atoms with van der Waals surface area (Å²) in [6.45, 7) is -0.822. The minimum atomic E-state index is -4.85. The average Bonchev–Trinajstić information content (AvgIpc) is 3.71. The van der Waals surface area contributed by atoms with E-state index in [2.05, 4.69) is 9.36 Å². The van der Waals surface area contributed by atoms with Crippen molar-refractivity contribution >= 4 is 32.6 Å². The van der Waals surface area contributed by atoms with Crippen LogP contribution in [0.4, 0.5) is 27.1 Å². The number of carbonyl (C=O) groups excluding carboxylic acids is 1. The van der Waals surface area contributed by atoms with E-state index in [1.807, 2.05) is 0 Å². The molecule has 55 heavy (non-hydrogen) atoms. The molecule has 2 heterocycles. The second kappa shape index (κ2) is 16.5. The molecule has 0 N–H and O–H groups in total. The van der Waals surface area contributed by atoms with E-state index in [1.165, 1.54) is 32.3 Å². The Morgan fingerprint density at radius 1 is 0.818 bits per heavy atom. The fourth-order valence-corrected chi connectivity index (χ4v) is 8.45. The number of nitrogens with zero attached hydrogens (tertiary/aromatic N) is 4. The standard InChI is InChI=1S/C37H33F5N4O7S2/c1-50-24-7-4-21(5-8-24)16-45-17-23(26(12-36(45)47)27-11-29(39)30(40)13-28(27)38)19-53-34-14-32(42)35(15-31(34)41)55(48,49)46(37-43-20-44-54-37)18-22-6-9-25(51-2)10-33(22)52-3/h4-11,13-15,20,23,26H,12,16-19H2,1-3H3. The van der Waals surface area contributed by atoms with Crippen molar-refractivity contribution in [3.63, 3.8) is 0 Å². The number of anilines is 1. The molecule has 4 aromatic carbocycles. The molecule has 0 aliphatic carbocycles. The van der Waals surface area contributed by atoms with Crippen molar-refractivity contribution in [3.05, 3.63) is 119 Å². The van der Waals surface area contributed by atoms with Gasteiger partial charge in [-0.3, -0.25) is 4.79 Å². The summed E-state index contributed by atoms with van der Waals surface area (Å²) in [5.74, 6) is -8.16. The number of halogens is 5. The van der Waals surface area contributed by atoms with Gasteiger partial charge < -0.3 is 23.8 Å². The number of piperidine rings is 1. The highest BCUT2D eigenvalue weighted by Crippen LogP contribution is 2.38. The zero-order valence-corrected chi connectivity index (χ0v) is 31.1. The molecule has 1 aromatic heterocycles. The Morgan fingerprint density at radius 2 is 1.53 bits per heavy atom. The van der Waals surface area contributed by atoms with E-state index in [4.69, 9.17) is 18.9 Å². The van der Waals surface area contributed by atoms with Crippen LogP contribution >= 0.6 is 11.5 Å². The Hall–Kier alpha value is -5.49. The number of aromatic nitrogens is 2. The van der Waals surface area contributed by atoms with Crippen molar-refractivity contribution in [1.29, 1.82) is 0 Å². The third-order valence-electron chi connectivity index (χ3n) is 9.12. The Kier molecular flexibility index (Phi) is 11.7. The maximum Gasteiger partial charge on any atom is 0.269 e. The molecule has 2 atom stereocenters.